The Balaban J connectivity index is 1.97. The Morgan fingerprint density at radius 1 is 1.47 bits per heavy atom. The molecule has 1 N–H and O–H groups in total. The molecule has 1 aromatic heterocycles. The third kappa shape index (κ3) is 1.94. The minimum absolute atomic E-state index is 0.140. The normalized spacial score (nSPS) is 26.5. The van der Waals surface area contributed by atoms with Crippen molar-refractivity contribution < 1.29 is 4.79 Å². The maximum absolute atomic E-state index is 12.5. The molecule has 1 unspecified atom stereocenters. The molecule has 4 heteroatoms. The molecule has 102 valence electrons. The van der Waals surface area contributed by atoms with Crippen LogP contribution in [0, 0.1) is 6.92 Å². The Morgan fingerprint density at radius 3 is 3.11 bits per heavy atom. The standard InChI is InChI=1S/C15H21N3O/c1-3-8-18-9-4-7-15(10-18)12-6-5-11(2)16-13(12)17-14(15)19/h5-6H,3-4,7-10H2,1-2H3,(H,16,17,19). The van der Waals surface area contributed by atoms with Crippen LogP contribution in [0.1, 0.15) is 37.4 Å². The van der Waals surface area contributed by atoms with Crippen molar-refractivity contribution >= 4 is 11.7 Å². The Morgan fingerprint density at radius 2 is 2.32 bits per heavy atom. The molecule has 3 rings (SSSR count). The summed E-state index contributed by atoms with van der Waals surface area (Å²) in [5.74, 6) is 0.921. The molecule has 0 bridgehead atoms. The Bertz CT molecular complexity index is 512. The zero-order valence-corrected chi connectivity index (χ0v) is 11.7. The number of nitrogens with one attached hydrogen (secondary N) is 1. The van der Waals surface area contributed by atoms with Gasteiger partial charge in [0.2, 0.25) is 5.91 Å². The lowest BCUT2D eigenvalue weighted by molar-refractivity contribution is -0.122. The summed E-state index contributed by atoms with van der Waals surface area (Å²) in [7, 11) is 0. The van der Waals surface area contributed by atoms with Crippen LogP contribution in [0.3, 0.4) is 0 Å². The molecular weight excluding hydrogens is 238 g/mol. The number of aryl methyl sites for hydroxylation is 1. The lowest BCUT2D eigenvalue weighted by Crippen LogP contribution is -2.50. The number of aromatic nitrogens is 1. The van der Waals surface area contributed by atoms with E-state index in [-0.39, 0.29) is 11.3 Å². The van der Waals surface area contributed by atoms with Gasteiger partial charge in [-0.25, -0.2) is 4.98 Å². The lowest BCUT2D eigenvalue weighted by atomic mass is 9.75. The molecule has 2 aliphatic heterocycles. The van der Waals surface area contributed by atoms with Crippen molar-refractivity contribution in [2.75, 3.05) is 25.0 Å². The fourth-order valence-electron chi connectivity index (χ4n) is 3.44. The molecular formula is C15H21N3O. The number of carbonyl (C=O) groups is 1. The molecule has 0 aliphatic carbocycles. The predicted molar refractivity (Wildman–Crippen MR) is 75.2 cm³/mol. The summed E-state index contributed by atoms with van der Waals surface area (Å²) in [6.45, 7) is 7.17. The predicted octanol–water partition coefficient (Wildman–Crippen LogP) is 2.09. The number of fused-ring (bicyclic) bond motifs is 2. The van der Waals surface area contributed by atoms with E-state index in [1.165, 1.54) is 0 Å². The number of amides is 1. The van der Waals surface area contributed by atoms with Crippen molar-refractivity contribution in [3.05, 3.63) is 23.4 Å². The molecule has 1 aromatic rings. The zero-order chi connectivity index (χ0) is 13.5. The second kappa shape index (κ2) is 4.60. The Labute approximate surface area is 114 Å². The highest BCUT2D eigenvalue weighted by Gasteiger charge is 2.49. The number of likely N-dealkylation sites (tertiary alicyclic amines) is 1. The maximum Gasteiger partial charge on any atom is 0.237 e. The van der Waals surface area contributed by atoms with Gasteiger partial charge in [-0.15, -0.1) is 0 Å². The van der Waals surface area contributed by atoms with Gasteiger partial charge in [0.15, 0.2) is 0 Å². The summed E-state index contributed by atoms with van der Waals surface area (Å²) >= 11 is 0. The molecule has 0 aromatic carbocycles. The van der Waals surface area contributed by atoms with Crippen molar-refractivity contribution in [3.8, 4) is 0 Å². The van der Waals surface area contributed by atoms with Crippen molar-refractivity contribution in [1.29, 1.82) is 0 Å². The van der Waals surface area contributed by atoms with Crippen molar-refractivity contribution in [3.63, 3.8) is 0 Å². The average Bonchev–Trinajstić information content (AvgIpc) is 2.62. The highest BCUT2D eigenvalue weighted by Crippen LogP contribution is 2.42. The topological polar surface area (TPSA) is 45.2 Å². The third-order valence-corrected chi connectivity index (χ3v) is 4.33. The van der Waals surface area contributed by atoms with Crippen LogP contribution in [0.15, 0.2) is 12.1 Å². The molecule has 4 nitrogen and oxygen atoms in total. The van der Waals surface area contributed by atoms with E-state index in [4.69, 9.17) is 0 Å². The SMILES string of the molecule is CCCN1CCCC2(C1)C(=O)Nc1nc(C)ccc12. The van der Waals surface area contributed by atoms with Gasteiger partial charge in [0.05, 0.1) is 5.41 Å². The van der Waals surface area contributed by atoms with Gasteiger partial charge in [0.1, 0.15) is 5.82 Å². The van der Waals surface area contributed by atoms with Gasteiger partial charge in [-0.05, 0) is 45.3 Å². The first-order chi connectivity index (χ1) is 9.15. The minimum atomic E-state index is -0.358. The number of carbonyl (C=O) groups excluding carboxylic acids is 1. The third-order valence-electron chi connectivity index (χ3n) is 4.33. The molecule has 19 heavy (non-hydrogen) atoms. The van der Waals surface area contributed by atoms with E-state index in [1.54, 1.807) is 0 Å². The summed E-state index contributed by atoms with van der Waals surface area (Å²) in [5, 5.41) is 2.98. The quantitative estimate of drug-likeness (QED) is 0.884. The van der Waals surface area contributed by atoms with Crippen molar-refractivity contribution in [2.45, 2.75) is 38.5 Å². The number of hydrogen-bond donors (Lipinski definition) is 1. The summed E-state index contributed by atoms with van der Waals surface area (Å²) in [5.41, 5.74) is 1.70. The van der Waals surface area contributed by atoms with Gasteiger partial charge in [-0.1, -0.05) is 13.0 Å². The van der Waals surface area contributed by atoms with Crippen LogP contribution in [0.5, 0.6) is 0 Å². The average molecular weight is 259 g/mol. The first-order valence-electron chi connectivity index (χ1n) is 7.17. The molecule has 0 saturated carbocycles. The monoisotopic (exact) mass is 259 g/mol. The van der Waals surface area contributed by atoms with E-state index in [1.807, 2.05) is 13.0 Å². The molecule has 1 amide bonds. The largest absolute Gasteiger partial charge is 0.310 e. The van der Waals surface area contributed by atoms with Crippen LogP contribution in [0.4, 0.5) is 5.82 Å². The van der Waals surface area contributed by atoms with E-state index in [0.717, 1.165) is 56.0 Å². The number of hydrogen-bond acceptors (Lipinski definition) is 3. The minimum Gasteiger partial charge on any atom is -0.310 e. The zero-order valence-electron chi connectivity index (χ0n) is 11.7. The van der Waals surface area contributed by atoms with Crippen molar-refractivity contribution in [1.82, 2.24) is 9.88 Å². The Hall–Kier alpha value is -1.42. The smallest absolute Gasteiger partial charge is 0.237 e. The number of piperidine rings is 1. The van der Waals surface area contributed by atoms with Gasteiger partial charge in [0, 0.05) is 17.8 Å². The number of anilines is 1. The molecule has 0 radical (unpaired) electrons. The van der Waals surface area contributed by atoms with Crippen LogP contribution in [0.2, 0.25) is 0 Å². The summed E-state index contributed by atoms with van der Waals surface area (Å²) in [6, 6.07) is 4.10. The number of nitrogens with zero attached hydrogens (tertiary/aromatic N) is 2. The number of rotatable bonds is 2. The molecule has 3 heterocycles. The van der Waals surface area contributed by atoms with E-state index in [0.29, 0.717) is 0 Å². The first kappa shape index (κ1) is 12.6. The summed E-state index contributed by atoms with van der Waals surface area (Å²) < 4.78 is 0. The second-order valence-electron chi connectivity index (χ2n) is 5.76. The van der Waals surface area contributed by atoms with Crippen LogP contribution in [0.25, 0.3) is 0 Å². The first-order valence-corrected chi connectivity index (χ1v) is 7.17. The summed E-state index contributed by atoms with van der Waals surface area (Å²) in [6.07, 6.45) is 3.16. The Kier molecular flexibility index (Phi) is 3.05. The molecule has 2 aliphatic rings. The highest BCUT2D eigenvalue weighted by molar-refractivity contribution is 6.05. The molecule has 1 saturated heterocycles. The molecule has 1 atom stereocenters. The van der Waals surface area contributed by atoms with E-state index in [2.05, 4.69) is 28.2 Å². The number of pyridine rings is 1. The van der Waals surface area contributed by atoms with Gasteiger partial charge >= 0.3 is 0 Å². The molecule has 1 fully saturated rings. The maximum atomic E-state index is 12.5. The molecule has 1 spiro atoms. The van der Waals surface area contributed by atoms with E-state index < -0.39 is 0 Å². The van der Waals surface area contributed by atoms with Crippen LogP contribution < -0.4 is 5.32 Å². The van der Waals surface area contributed by atoms with Crippen LogP contribution in [-0.2, 0) is 10.2 Å². The van der Waals surface area contributed by atoms with Crippen LogP contribution in [-0.4, -0.2) is 35.4 Å². The van der Waals surface area contributed by atoms with E-state index >= 15 is 0 Å². The highest BCUT2D eigenvalue weighted by atomic mass is 16.2. The van der Waals surface area contributed by atoms with Gasteiger partial charge in [0.25, 0.3) is 0 Å². The van der Waals surface area contributed by atoms with E-state index in [9.17, 15) is 4.79 Å². The lowest BCUT2D eigenvalue weighted by Gasteiger charge is -2.38. The summed E-state index contributed by atoms with van der Waals surface area (Å²) in [4.78, 5) is 19.4. The van der Waals surface area contributed by atoms with Gasteiger partial charge in [-0.2, -0.15) is 0 Å². The fourth-order valence-corrected chi connectivity index (χ4v) is 3.44. The van der Waals surface area contributed by atoms with Gasteiger partial charge < -0.3 is 10.2 Å². The van der Waals surface area contributed by atoms with Crippen molar-refractivity contribution in [2.24, 2.45) is 0 Å². The van der Waals surface area contributed by atoms with Crippen LogP contribution >= 0.6 is 0 Å². The second-order valence-corrected chi connectivity index (χ2v) is 5.76. The fraction of sp³-hybridized carbons (Fsp3) is 0.600. The van der Waals surface area contributed by atoms with Gasteiger partial charge in [-0.3, -0.25) is 4.79 Å².